The third kappa shape index (κ3) is 9.32. The van der Waals surface area contributed by atoms with Gasteiger partial charge in [-0.1, -0.05) is 60.7 Å². The summed E-state index contributed by atoms with van der Waals surface area (Å²) < 4.78 is 6.03. The highest BCUT2D eigenvalue weighted by Gasteiger charge is 2.29. The van der Waals surface area contributed by atoms with Crippen LogP contribution in [0.1, 0.15) is 53.5 Å². The van der Waals surface area contributed by atoms with Crippen molar-refractivity contribution in [2.24, 2.45) is 11.5 Å². The van der Waals surface area contributed by atoms with Gasteiger partial charge in [-0.2, -0.15) is 10.2 Å². The molecule has 0 radical (unpaired) electrons. The molecule has 0 fully saturated rings. The first-order valence-electron chi connectivity index (χ1n) is 14.8. The number of ether oxygens (including phenoxy) is 1. The normalized spacial score (nSPS) is 13.2. The molecule has 4 aromatic rings. The number of aromatic nitrogens is 2. The van der Waals surface area contributed by atoms with Gasteiger partial charge in [-0.05, 0) is 51.0 Å². The minimum atomic E-state index is -1.30. The lowest BCUT2D eigenvalue weighted by atomic mass is 9.99. The number of fused-ring (bicyclic) bond motifs is 1. The van der Waals surface area contributed by atoms with Crippen LogP contribution < -0.4 is 32.2 Å². The molecule has 7 N–H and O–H groups in total. The predicted octanol–water partition coefficient (Wildman–Crippen LogP) is 2.27. The van der Waals surface area contributed by atoms with E-state index >= 15 is 0 Å². The Morgan fingerprint density at radius 3 is 2.24 bits per heavy atom. The Bertz CT molecular complexity index is 1690. The van der Waals surface area contributed by atoms with Gasteiger partial charge >= 0.3 is 0 Å². The molecular weight excluding hydrogens is 586 g/mol. The molecule has 3 aromatic carbocycles. The van der Waals surface area contributed by atoms with E-state index in [-0.39, 0.29) is 18.1 Å². The highest BCUT2D eigenvalue weighted by atomic mass is 16.5. The van der Waals surface area contributed by atoms with E-state index < -0.39 is 47.8 Å². The van der Waals surface area contributed by atoms with Crippen molar-refractivity contribution in [1.82, 2.24) is 26.1 Å². The topological polar surface area (TPSA) is 191 Å². The van der Waals surface area contributed by atoms with Crippen LogP contribution in [0.3, 0.4) is 0 Å². The van der Waals surface area contributed by atoms with Gasteiger partial charge in [0.15, 0.2) is 0 Å². The lowest BCUT2D eigenvalue weighted by Crippen LogP contribution is -2.57. The summed E-state index contributed by atoms with van der Waals surface area (Å²) in [6, 6.07) is 20.4. The number of benzene rings is 3. The Balaban J connectivity index is 1.53. The summed E-state index contributed by atoms with van der Waals surface area (Å²) in [5.41, 5.74) is 13.5. The third-order valence-electron chi connectivity index (χ3n) is 7.01. The van der Waals surface area contributed by atoms with Crippen molar-refractivity contribution in [2.45, 2.75) is 57.3 Å². The number of hydrogen-bond acceptors (Lipinski definition) is 8. The SMILES string of the molecule is CC(C)(C)NC(=O)c1ccccc1OC[C@@H](N)[C@H](Cc1ccccc1)NC(=O)[C@H](CC(N)=O)NC(=O)c1cnnc2ccccc12. The average molecular weight is 626 g/mol. The van der Waals surface area contributed by atoms with Crippen LogP contribution in [-0.4, -0.2) is 64.1 Å². The zero-order chi connectivity index (χ0) is 33.3. The van der Waals surface area contributed by atoms with Gasteiger partial charge in [-0.3, -0.25) is 19.2 Å². The van der Waals surface area contributed by atoms with E-state index in [1.54, 1.807) is 48.5 Å². The Kier molecular flexibility index (Phi) is 11.0. The molecule has 4 rings (SSSR count). The van der Waals surface area contributed by atoms with Gasteiger partial charge < -0.3 is 32.2 Å². The van der Waals surface area contributed by atoms with Gasteiger partial charge in [0.1, 0.15) is 18.4 Å². The molecule has 0 saturated heterocycles. The molecule has 4 amide bonds. The van der Waals surface area contributed by atoms with Gasteiger partial charge in [0, 0.05) is 10.9 Å². The quantitative estimate of drug-likeness (QED) is 0.149. The summed E-state index contributed by atoms with van der Waals surface area (Å²) in [5, 5.41) is 16.9. The van der Waals surface area contributed by atoms with Crippen molar-refractivity contribution in [1.29, 1.82) is 0 Å². The monoisotopic (exact) mass is 625 g/mol. The number of rotatable bonds is 13. The first kappa shape index (κ1) is 33.5. The molecule has 0 aliphatic heterocycles. The summed E-state index contributed by atoms with van der Waals surface area (Å²) in [6.07, 6.45) is 1.16. The first-order chi connectivity index (χ1) is 21.9. The van der Waals surface area contributed by atoms with E-state index in [0.717, 1.165) is 5.56 Å². The number of para-hydroxylation sites is 1. The number of carbonyl (C=O) groups is 4. The van der Waals surface area contributed by atoms with Crippen LogP contribution in [0.15, 0.2) is 85.1 Å². The molecule has 0 saturated carbocycles. The molecule has 0 aliphatic rings. The Hall–Kier alpha value is -5.36. The van der Waals surface area contributed by atoms with Crippen molar-refractivity contribution in [3.05, 3.63) is 102 Å². The average Bonchev–Trinajstić information content (AvgIpc) is 3.02. The maximum absolute atomic E-state index is 13.7. The van der Waals surface area contributed by atoms with Crippen molar-refractivity contribution >= 4 is 34.5 Å². The second-order valence-electron chi connectivity index (χ2n) is 12.0. The Morgan fingerprint density at radius 2 is 1.52 bits per heavy atom. The molecule has 12 nitrogen and oxygen atoms in total. The van der Waals surface area contributed by atoms with E-state index in [0.29, 0.717) is 28.6 Å². The number of nitrogens with two attached hydrogens (primary N) is 2. The van der Waals surface area contributed by atoms with Crippen LogP contribution in [0, 0.1) is 0 Å². The van der Waals surface area contributed by atoms with E-state index in [4.69, 9.17) is 16.2 Å². The van der Waals surface area contributed by atoms with Crippen LogP contribution in [0.25, 0.3) is 10.9 Å². The van der Waals surface area contributed by atoms with Crippen LogP contribution in [0.2, 0.25) is 0 Å². The Labute approximate surface area is 267 Å². The van der Waals surface area contributed by atoms with Crippen LogP contribution in [-0.2, 0) is 16.0 Å². The standard InChI is InChI=1S/C34H39N7O5/c1-34(2,3)40-32(44)23-14-8-10-16-29(23)46-20-25(35)27(17-21-11-5-4-6-12-21)38-33(45)28(18-30(36)42)39-31(43)24-19-37-41-26-15-9-7-13-22(24)26/h4-16,19,25,27-28H,17-18,20,35H2,1-3H3,(H2,36,42)(H,38,45)(H,39,43)(H,40,44)/t25-,27+,28+/m1/s1. The number of nitrogens with zero attached hydrogens (tertiary/aromatic N) is 2. The summed E-state index contributed by atoms with van der Waals surface area (Å²) >= 11 is 0. The van der Waals surface area contributed by atoms with Gasteiger partial charge in [-0.25, -0.2) is 0 Å². The first-order valence-corrected chi connectivity index (χ1v) is 14.8. The van der Waals surface area contributed by atoms with Crippen LogP contribution >= 0.6 is 0 Å². The molecule has 0 bridgehead atoms. The second kappa shape index (κ2) is 15.1. The molecule has 1 heterocycles. The highest BCUT2D eigenvalue weighted by molar-refractivity contribution is 6.07. The lowest BCUT2D eigenvalue weighted by Gasteiger charge is -2.28. The fraction of sp³-hybridized carbons (Fsp3) is 0.294. The van der Waals surface area contributed by atoms with E-state index in [9.17, 15) is 19.2 Å². The van der Waals surface area contributed by atoms with Crippen molar-refractivity contribution in [3.8, 4) is 5.75 Å². The van der Waals surface area contributed by atoms with Crippen LogP contribution in [0.5, 0.6) is 5.75 Å². The molecule has 240 valence electrons. The number of primary amides is 1. The Morgan fingerprint density at radius 1 is 0.848 bits per heavy atom. The van der Waals surface area contributed by atoms with Gasteiger partial charge in [0.2, 0.25) is 11.8 Å². The molecule has 3 atom stereocenters. The molecule has 0 spiro atoms. The molecule has 12 heteroatoms. The van der Waals surface area contributed by atoms with E-state index in [1.807, 2.05) is 51.1 Å². The maximum atomic E-state index is 13.7. The van der Waals surface area contributed by atoms with Gasteiger partial charge in [-0.15, -0.1) is 0 Å². The van der Waals surface area contributed by atoms with Gasteiger partial charge in [0.25, 0.3) is 11.8 Å². The molecule has 46 heavy (non-hydrogen) atoms. The van der Waals surface area contributed by atoms with E-state index in [2.05, 4.69) is 26.1 Å². The number of nitrogens with one attached hydrogen (secondary N) is 3. The van der Waals surface area contributed by atoms with E-state index in [1.165, 1.54) is 6.20 Å². The zero-order valence-corrected chi connectivity index (χ0v) is 26.0. The van der Waals surface area contributed by atoms with Gasteiger partial charge in [0.05, 0.1) is 41.3 Å². The number of hydrogen-bond donors (Lipinski definition) is 5. The summed E-state index contributed by atoms with van der Waals surface area (Å²) in [5.74, 6) is -2.02. The summed E-state index contributed by atoms with van der Waals surface area (Å²) in [4.78, 5) is 51.9. The second-order valence-corrected chi connectivity index (χ2v) is 12.0. The summed E-state index contributed by atoms with van der Waals surface area (Å²) in [7, 11) is 0. The van der Waals surface area contributed by atoms with Crippen molar-refractivity contribution in [3.63, 3.8) is 0 Å². The molecule has 0 unspecified atom stereocenters. The molecule has 0 aliphatic carbocycles. The number of amides is 4. The molecule has 1 aromatic heterocycles. The number of carbonyl (C=O) groups excluding carboxylic acids is 4. The minimum absolute atomic E-state index is 0.0564. The maximum Gasteiger partial charge on any atom is 0.255 e. The highest BCUT2D eigenvalue weighted by Crippen LogP contribution is 2.20. The fourth-order valence-electron chi connectivity index (χ4n) is 4.79. The lowest BCUT2D eigenvalue weighted by molar-refractivity contribution is -0.127. The summed E-state index contributed by atoms with van der Waals surface area (Å²) in [6.45, 7) is 5.58. The largest absolute Gasteiger partial charge is 0.491 e. The zero-order valence-electron chi connectivity index (χ0n) is 26.0. The molecular formula is C34H39N7O5. The smallest absolute Gasteiger partial charge is 0.255 e. The fourth-order valence-corrected chi connectivity index (χ4v) is 4.79. The third-order valence-corrected chi connectivity index (χ3v) is 7.01. The predicted molar refractivity (Wildman–Crippen MR) is 174 cm³/mol. The van der Waals surface area contributed by atoms with Crippen molar-refractivity contribution in [2.75, 3.05) is 6.61 Å². The van der Waals surface area contributed by atoms with Crippen LogP contribution in [0.4, 0.5) is 0 Å². The minimum Gasteiger partial charge on any atom is -0.491 e. The van der Waals surface area contributed by atoms with Crippen molar-refractivity contribution < 1.29 is 23.9 Å².